The third kappa shape index (κ3) is 3.86. The molecule has 0 unspecified atom stereocenters. The Labute approximate surface area is 164 Å². The van der Waals surface area contributed by atoms with Gasteiger partial charge in [-0.25, -0.2) is 9.97 Å². The largest absolute Gasteiger partial charge is 0.305 e. The van der Waals surface area contributed by atoms with Crippen LogP contribution in [0.25, 0.3) is 0 Å². The number of aryl methyl sites for hydroxylation is 1. The summed E-state index contributed by atoms with van der Waals surface area (Å²) in [6, 6.07) is 11.0. The molecule has 1 N–H and O–H groups in total. The summed E-state index contributed by atoms with van der Waals surface area (Å²) in [5.74, 6) is 0.245. The van der Waals surface area contributed by atoms with E-state index >= 15 is 0 Å². The van der Waals surface area contributed by atoms with Gasteiger partial charge < -0.3 is 4.90 Å². The number of hydrogen-bond donors (Lipinski definition) is 1. The van der Waals surface area contributed by atoms with Gasteiger partial charge in [-0.2, -0.15) is 0 Å². The predicted molar refractivity (Wildman–Crippen MR) is 107 cm³/mol. The fourth-order valence-corrected chi connectivity index (χ4v) is 4.30. The summed E-state index contributed by atoms with van der Waals surface area (Å²) >= 11 is 2.86. The zero-order valence-electron chi connectivity index (χ0n) is 14.5. The zero-order valence-corrected chi connectivity index (χ0v) is 16.1. The Morgan fingerprint density at radius 2 is 2.07 bits per heavy atom. The monoisotopic (exact) mass is 396 g/mol. The van der Waals surface area contributed by atoms with Gasteiger partial charge in [0.05, 0.1) is 23.7 Å². The van der Waals surface area contributed by atoms with E-state index < -0.39 is 0 Å². The smallest absolute Gasteiger partial charge is 0.257 e. The minimum absolute atomic E-state index is 0.0569. The predicted octanol–water partition coefficient (Wildman–Crippen LogP) is 3.74. The Balaban J connectivity index is 1.48. The van der Waals surface area contributed by atoms with Crippen LogP contribution in [0.3, 0.4) is 0 Å². The molecule has 0 radical (unpaired) electrons. The molecule has 2 amide bonds. The van der Waals surface area contributed by atoms with Gasteiger partial charge in [-0.3, -0.25) is 14.9 Å². The Kier molecular flexibility index (Phi) is 4.91. The van der Waals surface area contributed by atoms with E-state index in [0.29, 0.717) is 23.0 Å². The fraction of sp³-hybridized carbons (Fsp3) is 0.158. The Morgan fingerprint density at radius 1 is 1.26 bits per heavy atom. The molecule has 1 aliphatic heterocycles. The van der Waals surface area contributed by atoms with Gasteiger partial charge in [0.25, 0.3) is 5.91 Å². The molecule has 27 heavy (non-hydrogen) atoms. The third-order valence-corrected chi connectivity index (χ3v) is 5.93. The van der Waals surface area contributed by atoms with Crippen LogP contribution >= 0.6 is 23.1 Å². The first-order chi connectivity index (χ1) is 13.1. The average molecular weight is 396 g/mol. The second-order valence-electron chi connectivity index (χ2n) is 6.04. The number of anilines is 2. The molecule has 0 aliphatic carbocycles. The molecule has 0 bridgehead atoms. The first-order valence-corrected chi connectivity index (χ1v) is 10.2. The lowest BCUT2D eigenvalue weighted by atomic mass is 10.1. The topological polar surface area (TPSA) is 75.2 Å². The highest BCUT2D eigenvalue weighted by Crippen LogP contribution is 2.34. The lowest BCUT2D eigenvalue weighted by Crippen LogP contribution is -2.35. The minimum Gasteiger partial charge on any atom is -0.305 e. The first-order valence-electron chi connectivity index (χ1n) is 8.31. The van der Waals surface area contributed by atoms with Crippen molar-refractivity contribution in [1.29, 1.82) is 0 Å². The van der Waals surface area contributed by atoms with Crippen molar-refractivity contribution in [3.8, 4) is 0 Å². The average Bonchev–Trinajstić information content (AvgIpc) is 3.09. The van der Waals surface area contributed by atoms with Gasteiger partial charge in [-0.1, -0.05) is 23.9 Å². The van der Waals surface area contributed by atoms with Crippen LogP contribution in [0.4, 0.5) is 10.8 Å². The zero-order chi connectivity index (χ0) is 18.8. The number of hydrogen-bond acceptors (Lipinski definition) is 6. The standard InChI is InChI=1S/C19H16N4O2S2/c1-12-10-27-19(21-12)22-17(25)14-6-4-13(5-7-14)9-23-15-3-2-8-20-18(15)26-11-16(23)24/h2-8,10H,9,11H2,1H3,(H,21,22,25). The highest BCUT2D eigenvalue weighted by atomic mass is 32.2. The van der Waals surface area contributed by atoms with Crippen LogP contribution < -0.4 is 10.2 Å². The van der Waals surface area contributed by atoms with E-state index in [1.54, 1.807) is 23.2 Å². The van der Waals surface area contributed by atoms with Crippen LogP contribution in [0.2, 0.25) is 0 Å². The molecule has 1 aliphatic rings. The number of nitrogens with one attached hydrogen (secondary N) is 1. The van der Waals surface area contributed by atoms with E-state index in [2.05, 4.69) is 15.3 Å². The van der Waals surface area contributed by atoms with E-state index in [9.17, 15) is 9.59 Å². The maximum atomic E-state index is 12.3. The lowest BCUT2D eigenvalue weighted by molar-refractivity contribution is -0.116. The van der Waals surface area contributed by atoms with Gasteiger partial charge in [0, 0.05) is 17.1 Å². The highest BCUT2D eigenvalue weighted by Gasteiger charge is 2.25. The van der Waals surface area contributed by atoms with Gasteiger partial charge in [0.1, 0.15) is 5.03 Å². The molecule has 0 saturated heterocycles. The molecular weight excluding hydrogens is 380 g/mol. The molecule has 0 fully saturated rings. The highest BCUT2D eigenvalue weighted by molar-refractivity contribution is 8.00. The van der Waals surface area contributed by atoms with Crippen molar-refractivity contribution >= 4 is 45.7 Å². The fourth-order valence-electron chi connectivity index (χ4n) is 2.74. The van der Waals surface area contributed by atoms with Crippen molar-refractivity contribution in [2.24, 2.45) is 0 Å². The number of aromatic nitrogens is 2. The molecule has 3 aromatic rings. The molecule has 6 nitrogen and oxygen atoms in total. The van der Waals surface area contributed by atoms with Crippen LogP contribution in [0.5, 0.6) is 0 Å². The van der Waals surface area contributed by atoms with Crippen molar-refractivity contribution in [2.45, 2.75) is 18.5 Å². The van der Waals surface area contributed by atoms with E-state index in [1.807, 2.05) is 36.6 Å². The van der Waals surface area contributed by atoms with E-state index in [4.69, 9.17) is 0 Å². The van der Waals surface area contributed by atoms with Crippen LogP contribution in [0, 0.1) is 6.92 Å². The number of amides is 2. The third-order valence-electron chi connectivity index (χ3n) is 4.07. The summed E-state index contributed by atoms with van der Waals surface area (Å²) in [5.41, 5.74) is 3.21. The number of thiazole rings is 1. The van der Waals surface area contributed by atoms with Gasteiger partial charge in [0.15, 0.2) is 5.13 Å². The van der Waals surface area contributed by atoms with Gasteiger partial charge in [-0.05, 0) is 36.8 Å². The Morgan fingerprint density at radius 3 is 2.81 bits per heavy atom. The molecule has 4 rings (SSSR count). The molecule has 3 heterocycles. The quantitative estimate of drug-likeness (QED) is 0.727. The number of carbonyl (C=O) groups excluding carboxylic acids is 2. The van der Waals surface area contributed by atoms with Gasteiger partial charge in [-0.15, -0.1) is 11.3 Å². The van der Waals surface area contributed by atoms with Crippen molar-refractivity contribution < 1.29 is 9.59 Å². The van der Waals surface area contributed by atoms with Crippen molar-refractivity contribution in [3.05, 3.63) is 64.8 Å². The van der Waals surface area contributed by atoms with Crippen molar-refractivity contribution in [2.75, 3.05) is 16.0 Å². The number of pyridine rings is 1. The van der Waals surface area contributed by atoms with Crippen molar-refractivity contribution in [3.63, 3.8) is 0 Å². The lowest BCUT2D eigenvalue weighted by Gasteiger charge is -2.28. The van der Waals surface area contributed by atoms with Gasteiger partial charge >= 0.3 is 0 Å². The SMILES string of the molecule is Cc1csc(NC(=O)c2ccc(CN3C(=O)CSc4ncccc43)cc2)n1. The Hall–Kier alpha value is -2.71. The minimum atomic E-state index is -0.198. The van der Waals surface area contributed by atoms with Crippen molar-refractivity contribution in [1.82, 2.24) is 9.97 Å². The summed E-state index contributed by atoms with van der Waals surface area (Å²) in [6.45, 7) is 2.33. The maximum Gasteiger partial charge on any atom is 0.257 e. The van der Waals surface area contributed by atoms with Gasteiger partial charge in [0.2, 0.25) is 5.91 Å². The maximum absolute atomic E-state index is 12.3. The molecule has 8 heteroatoms. The summed E-state index contributed by atoms with van der Waals surface area (Å²) in [5, 5.41) is 6.13. The Bertz CT molecular complexity index is 1000. The number of fused-ring (bicyclic) bond motifs is 1. The summed E-state index contributed by atoms with van der Waals surface area (Å²) in [6.07, 6.45) is 1.73. The van der Waals surface area contributed by atoms with E-state index in [-0.39, 0.29) is 11.8 Å². The normalized spacial score (nSPS) is 13.4. The molecular formula is C19H16N4O2S2. The molecule has 0 atom stereocenters. The van der Waals surface area contributed by atoms with Crippen LogP contribution in [-0.4, -0.2) is 27.5 Å². The second kappa shape index (κ2) is 7.50. The summed E-state index contributed by atoms with van der Waals surface area (Å²) in [7, 11) is 0. The van der Waals surface area contributed by atoms with Crippen LogP contribution in [-0.2, 0) is 11.3 Å². The number of thioether (sulfide) groups is 1. The molecule has 136 valence electrons. The second-order valence-corrected chi connectivity index (χ2v) is 7.86. The molecule has 0 spiro atoms. The van der Waals surface area contributed by atoms with Crippen LogP contribution in [0.1, 0.15) is 21.6 Å². The number of carbonyl (C=O) groups is 2. The number of rotatable bonds is 4. The van der Waals surface area contributed by atoms with E-state index in [1.165, 1.54) is 23.1 Å². The molecule has 0 saturated carbocycles. The summed E-state index contributed by atoms with van der Waals surface area (Å²) < 4.78 is 0. The number of benzene rings is 1. The number of nitrogens with zero attached hydrogens (tertiary/aromatic N) is 3. The first kappa shape index (κ1) is 17.7. The summed E-state index contributed by atoms with van der Waals surface area (Å²) in [4.78, 5) is 35.0. The van der Waals surface area contributed by atoms with Crippen LogP contribution in [0.15, 0.2) is 53.0 Å². The molecule has 1 aromatic carbocycles. The van der Waals surface area contributed by atoms with E-state index in [0.717, 1.165) is 22.0 Å². The molecule has 2 aromatic heterocycles.